The second kappa shape index (κ2) is 10.7. The van der Waals surface area contributed by atoms with Crippen molar-refractivity contribution in [3.05, 3.63) is 100 Å². The van der Waals surface area contributed by atoms with Crippen molar-refractivity contribution in [2.75, 3.05) is 0 Å². The minimum atomic E-state index is -0.237. The number of nitrogens with zero attached hydrogens (tertiary/aromatic N) is 1. The van der Waals surface area contributed by atoms with Crippen LogP contribution < -0.4 is 10.2 Å². The SMILES string of the molecule is C/C(=N/NC(=O)c1ccc(COc2cc(C)ccc2C(C)C)cc1)c1ccc(C(C)(C)C)cc1. The van der Waals surface area contributed by atoms with Crippen LogP contribution in [0, 0.1) is 6.92 Å². The van der Waals surface area contributed by atoms with E-state index in [1.165, 1.54) is 16.7 Å². The van der Waals surface area contributed by atoms with Gasteiger partial charge in [0.25, 0.3) is 5.91 Å². The average Bonchev–Trinajstić information content (AvgIpc) is 2.80. The van der Waals surface area contributed by atoms with Crippen molar-refractivity contribution < 1.29 is 9.53 Å². The number of aryl methyl sites for hydroxylation is 1. The van der Waals surface area contributed by atoms with Gasteiger partial charge in [-0.25, -0.2) is 5.43 Å². The van der Waals surface area contributed by atoms with Crippen molar-refractivity contribution in [2.24, 2.45) is 5.10 Å². The Hall–Kier alpha value is -3.40. The number of rotatable bonds is 7. The average molecular weight is 457 g/mol. The van der Waals surface area contributed by atoms with E-state index >= 15 is 0 Å². The van der Waals surface area contributed by atoms with Crippen LogP contribution in [0.3, 0.4) is 0 Å². The van der Waals surface area contributed by atoms with Gasteiger partial charge in [-0.2, -0.15) is 5.10 Å². The fourth-order valence-corrected chi connectivity index (χ4v) is 3.63. The lowest BCUT2D eigenvalue weighted by Gasteiger charge is -2.19. The summed E-state index contributed by atoms with van der Waals surface area (Å²) in [6.45, 7) is 15.3. The van der Waals surface area contributed by atoms with Gasteiger partial charge in [-0.05, 0) is 71.2 Å². The Morgan fingerprint density at radius 1 is 0.941 bits per heavy atom. The third-order valence-corrected chi connectivity index (χ3v) is 5.90. The highest BCUT2D eigenvalue weighted by atomic mass is 16.5. The molecule has 0 saturated heterocycles. The van der Waals surface area contributed by atoms with E-state index in [0.29, 0.717) is 18.1 Å². The van der Waals surface area contributed by atoms with E-state index in [-0.39, 0.29) is 11.3 Å². The minimum Gasteiger partial charge on any atom is -0.489 e. The predicted molar refractivity (Wildman–Crippen MR) is 141 cm³/mol. The molecule has 0 saturated carbocycles. The lowest BCUT2D eigenvalue weighted by Crippen LogP contribution is -2.19. The largest absolute Gasteiger partial charge is 0.489 e. The number of ether oxygens (including phenoxy) is 1. The summed E-state index contributed by atoms with van der Waals surface area (Å²) in [5.74, 6) is 1.07. The molecular formula is C30H36N2O2. The van der Waals surface area contributed by atoms with Crippen LogP contribution in [0.4, 0.5) is 0 Å². The van der Waals surface area contributed by atoms with Gasteiger partial charge in [0.15, 0.2) is 0 Å². The first-order valence-corrected chi connectivity index (χ1v) is 11.8. The van der Waals surface area contributed by atoms with E-state index in [0.717, 1.165) is 22.6 Å². The standard InChI is InChI=1S/C30H36N2O2/c1-20(2)27-17-8-21(3)18-28(27)34-19-23-9-11-25(12-10-23)29(33)32-31-22(4)24-13-15-26(16-14-24)30(5,6)7/h8-18,20H,19H2,1-7H3,(H,32,33)/b31-22-. The number of hydrazone groups is 1. The van der Waals surface area contributed by atoms with Gasteiger partial charge in [-0.15, -0.1) is 0 Å². The molecule has 0 spiro atoms. The predicted octanol–water partition coefficient (Wildman–Crippen LogP) is 7.15. The quantitative estimate of drug-likeness (QED) is 0.303. The molecule has 1 N–H and O–H groups in total. The molecule has 3 aromatic rings. The molecule has 0 fully saturated rings. The maximum atomic E-state index is 12.6. The Balaban J connectivity index is 1.60. The number of carbonyl (C=O) groups is 1. The normalized spacial score (nSPS) is 12.1. The monoisotopic (exact) mass is 456 g/mol. The van der Waals surface area contributed by atoms with Gasteiger partial charge in [0.05, 0.1) is 5.71 Å². The number of hydrogen-bond donors (Lipinski definition) is 1. The van der Waals surface area contributed by atoms with Gasteiger partial charge < -0.3 is 4.74 Å². The van der Waals surface area contributed by atoms with Crippen LogP contribution in [0.2, 0.25) is 0 Å². The zero-order valence-electron chi connectivity index (χ0n) is 21.4. The Morgan fingerprint density at radius 3 is 2.15 bits per heavy atom. The van der Waals surface area contributed by atoms with Crippen molar-refractivity contribution in [1.82, 2.24) is 5.43 Å². The zero-order chi connectivity index (χ0) is 24.9. The smallest absolute Gasteiger partial charge is 0.271 e. The maximum absolute atomic E-state index is 12.6. The van der Waals surface area contributed by atoms with Crippen LogP contribution in [-0.2, 0) is 12.0 Å². The summed E-state index contributed by atoms with van der Waals surface area (Å²) in [5.41, 5.74) is 9.71. The van der Waals surface area contributed by atoms with Gasteiger partial charge in [0.2, 0.25) is 0 Å². The third kappa shape index (κ3) is 6.57. The first kappa shape index (κ1) is 25.2. The number of hydrogen-bond acceptors (Lipinski definition) is 3. The maximum Gasteiger partial charge on any atom is 0.271 e. The molecule has 178 valence electrons. The summed E-state index contributed by atoms with van der Waals surface area (Å²) in [5, 5.41) is 4.29. The molecule has 0 unspecified atom stereocenters. The van der Waals surface area contributed by atoms with Crippen molar-refractivity contribution >= 4 is 11.6 Å². The molecule has 0 bridgehead atoms. The summed E-state index contributed by atoms with van der Waals surface area (Å²) < 4.78 is 6.10. The molecule has 4 nitrogen and oxygen atoms in total. The fraction of sp³-hybridized carbons (Fsp3) is 0.333. The van der Waals surface area contributed by atoms with E-state index < -0.39 is 0 Å². The van der Waals surface area contributed by atoms with E-state index in [2.05, 4.69) is 82.4 Å². The van der Waals surface area contributed by atoms with Crippen LogP contribution >= 0.6 is 0 Å². The molecule has 0 aliphatic rings. The lowest BCUT2D eigenvalue weighted by molar-refractivity contribution is 0.0954. The Morgan fingerprint density at radius 2 is 1.56 bits per heavy atom. The molecule has 0 aliphatic carbocycles. The molecule has 3 rings (SSSR count). The summed E-state index contributed by atoms with van der Waals surface area (Å²) in [7, 11) is 0. The Bertz CT molecular complexity index is 1150. The lowest BCUT2D eigenvalue weighted by atomic mass is 9.86. The number of nitrogens with one attached hydrogen (secondary N) is 1. The van der Waals surface area contributed by atoms with E-state index in [9.17, 15) is 4.79 Å². The summed E-state index contributed by atoms with van der Waals surface area (Å²) in [6, 6.07) is 22.1. The topological polar surface area (TPSA) is 50.7 Å². The van der Waals surface area contributed by atoms with Crippen LogP contribution in [0.25, 0.3) is 0 Å². The first-order valence-electron chi connectivity index (χ1n) is 11.8. The van der Waals surface area contributed by atoms with Crippen LogP contribution in [0.5, 0.6) is 5.75 Å². The summed E-state index contributed by atoms with van der Waals surface area (Å²) in [4.78, 5) is 12.6. The molecule has 34 heavy (non-hydrogen) atoms. The van der Waals surface area contributed by atoms with E-state index in [1.807, 2.05) is 31.2 Å². The van der Waals surface area contributed by atoms with Crippen LogP contribution in [-0.4, -0.2) is 11.6 Å². The van der Waals surface area contributed by atoms with E-state index in [1.54, 1.807) is 12.1 Å². The van der Waals surface area contributed by atoms with E-state index in [4.69, 9.17) is 4.74 Å². The molecular weight excluding hydrogens is 420 g/mol. The molecule has 0 radical (unpaired) electrons. The summed E-state index contributed by atoms with van der Waals surface area (Å²) in [6.07, 6.45) is 0. The first-order chi connectivity index (χ1) is 16.0. The highest BCUT2D eigenvalue weighted by molar-refractivity contribution is 6.00. The van der Waals surface area contributed by atoms with Crippen molar-refractivity contribution in [3.8, 4) is 5.75 Å². The molecule has 3 aromatic carbocycles. The van der Waals surface area contributed by atoms with Gasteiger partial charge in [0.1, 0.15) is 12.4 Å². The van der Waals surface area contributed by atoms with Gasteiger partial charge in [-0.3, -0.25) is 4.79 Å². The van der Waals surface area contributed by atoms with Crippen molar-refractivity contribution in [2.45, 2.75) is 66.4 Å². The second-order valence-electron chi connectivity index (χ2n) is 10.1. The van der Waals surface area contributed by atoms with Crippen LogP contribution in [0.1, 0.15) is 85.6 Å². The van der Waals surface area contributed by atoms with Gasteiger partial charge in [0, 0.05) is 5.56 Å². The fourth-order valence-electron chi connectivity index (χ4n) is 3.63. The van der Waals surface area contributed by atoms with Crippen molar-refractivity contribution in [1.29, 1.82) is 0 Å². The number of amides is 1. The number of carbonyl (C=O) groups excluding carboxylic acids is 1. The molecule has 0 heterocycles. The number of benzene rings is 3. The Labute approximate surface area is 204 Å². The molecule has 0 aliphatic heterocycles. The van der Waals surface area contributed by atoms with Gasteiger partial charge in [-0.1, -0.05) is 83.1 Å². The molecule has 1 amide bonds. The molecule has 0 aromatic heterocycles. The molecule has 0 atom stereocenters. The van der Waals surface area contributed by atoms with Crippen LogP contribution in [0.15, 0.2) is 71.8 Å². The third-order valence-electron chi connectivity index (χ3n) is 5.90. The summed E-state index contributed by atoms with van der Waals surface area (Å²) >= 11 is 0. The van der Waals surface area contributed by atoms with Gasteiger partial charge >= 0.3 is 0 Å². The molecule has 4 heteroatoms. The Kier molecular flexibility index (Phi) is 7.93. The minimum absolute atomic E-state index is 0.103. The second-order valence-corrected chi connectivity index (χ2v) is 10.1. The highest BCUT2D eigenvalue weighted by Gasteiger charge is 2.13. The van der Waals surface area contributed by atoms with Crippen molar-refractivity contribution in [3.63, 3.8) is 0 Å². The zero-order valence-corrected chi connectivity index (χ0v) is 21.4. The highest BCUT2D eigenvalue weighted by Crippen LogP contribution is 2.28.